The minimum Gasteiger partial charge on any atom is -0.389 e. The number of unbranched alkanes of at least 4 members (excludes halogenated alkanes) is 5. The van der Waals surface area contributed by atoms with Crippen LogP contribution in [0.3, 0.4) is 0 Å². The van der Waals surface area contributed by atoms with Gasteiger partial charge in [-0.2, -0.15) is 0 Å². The molecular formula is C23H36O4. The molecule has 2 aliphatic rings. The van der Waals surface area contributed by atoms with Gasteiger partial charge in [0.05, 0.1) is 36.6 Å². The van der Waals surface area contributed by atoms with Crippen LogP contribution >= 0.6 is 0 Å². The highest BCUT2D eigenvalue weighted by Gasteiger charge is 2.40. The lowest BCUT2D eigenvalue weighted by molar-refractivity contribution is -0.107. The predicted molar refractivity (Wildman–Crippen MR) is 107 cm³/mol. The molecule has 2 aliphatic heterocycles. The van der Waals surface area contributed by atoms with Gasteiger partial charge in [-0.15, -0.1) is 24.2 Å². The molecular weight excluding hydrogens is 340 g/mol. The minimum atomic E-state index is -0.597. The number of hydrogen-bond donors (Lipinski definition) is 2. The first kappa shape index (κ1) is 22.3. The van der Waals surface area contributed by atoms with Crippen molar-refractivity contribution < 1.29 is 19.7 Å². The zero-order chi connectivity index (χ0) is 19.5. The summed E-state index contributed by atoms with van der Waals surface area (Å²) in [7, 11) is 0. The van der Waals surface area contributed by atoms with Gasteiger partial charge < -0.3 is 19.7 Å². The van der Waals surface area contributed by atoms with E-state index in [2.05, 4.69) is 24.7 Å². The smallest absolute Gasteiger partial charge is 0.0910 e. The van der Waals surface area contributed by atoms with Crippen LogP contribution in [0.4, 0.5) is 0 Å². The highest BCUT2D eigenvalue weighted by Crippen LogP contribution is 2.33. The van der Waals surface area contributed by atoms with Crippen molar-refractivity contribution in [1.29, 1.82) is 0 Å². The number of hydrogen-bond acceptors (Lipinski definition) is 4. The third-order valence-corrected chi connectivity index (χ3v) is 5.61. The molecule has 4 nitrogen and oxygen atoms in total. The average Bonchev–Trinajstić information content (AvgIpc) is 3.33. The Morgan fingerprint density at radius 3 is 2.04 bits per heavy atom. The summed E-state index contributed by atoms with van der Waals surface area (Å²) in [6.07, 6.45) is 15.1. The highest BCUT2D eigenvalue weighted by atomic mass is 16.6. The molecule has 0 radical (unpaired) electrons. The summed E-state index contributed by atoms with van der Waals surface area (Å²) in [5.41, 5.74) is 0. The number of terminal acetylenes is 1. The molecule has 0 aromatic carbocycles. The fourth-order valence-electron chi connectivity index (χ4n) is 3.96. The topological polar surface area (TPSA) is 58.9 Å². The molecule has 4 heteroatoms. The quantitative estimate of drug-likeness (QED) is 0.452. The van der Waals surface area contributed by atoms with Crippen LogP contribution in [0.15, 0.2) is 0 Å². The number of ether oxygens (including phenoxy) is 2. The van der Waals surface area contributed by atoms with Crippen molar-refractivity contribution in [3.8, 4) is 24.2 Å². The van der Waals surface area contributed by atoms with E-state index in [4.69, 9.17) is 15.9 Å². The zero-order valence-electron chi connectivity index (χ0n) is 16.7. The van der Waals surface area contributed by atoms with Gasteiger partial charge in [-0.1, -0.05) is 32.6 Å². The van der Waals surface area contributed by atoms with Crippen molar-refractivity contribution in [1.82, 2.24) is 0 Å². The normalized spacial score (nSPS) is 29.7. The van der Waals surface area contributed by atoms with Crippen LogP contribution in [0.2, 0.25) is 0 Å². The van der Waals surface area contributed by atoms with Crippen molar-refractivity contribution in [2.24, 2.45) is 0 Å². The molecule has 0 bridgehead atoms. The molecule has 2 N–H and O–H groups in total. The molecule has 0 saturated carbocycles. The van der Waals surface area contributed by atoms with Crippen LogP contribution in [0, 0.1) is 24.2 Å². The molecule has 27 heavy (non-hydrogen) atoms. The molecule has 0 spiro atoms. The first-order chi connectivity index (χ1) is 13.2. The molecule has 152 valence electrons. The standard InChI is InChI=1S/C23H36O4/c1-3-5-6-7-8-9-10-11-13-19(25)21-15-17-23(27-21)22-16-14-20(26-22)18(24)12-4-2/h2,18-25H,3,5-9,12-17H2,1H3. The second-order valence-electron chi connectivity index (χ2n) is 7.85. The van der Waals surface area contributed by atoms with Crippen LogP contribution in [-0.4, -0.2) is 46.8 Å². The summed E-state index contributed by atoms with van der Waals surface area (Å²) in [4.78, 5) is 0. The van der Waals surface area contributed by atoms with Crippen LogP contribution in [0.25, 0.3) is 0 Å². The van der Waals surface area contributed by atoms with Crippen molar-refractivity contribution in [2.45, 2.75) is 121 Å². The Labute approximate surface area is 165 Å². The largest absolute Gasteiger partial charge is 0.389 e. The van der Waals surface area contributed by atoms with Crippen molar-refractivity contribution in [3.63, 3.8) is 0 Å². The van der Waals surface area contributed by atoms with E-state index in [-0.39, 0.29) is 24.4 Å². The average molecular weight is 377 g/mol. The van der Waals surface area contributed by atoms with E-state index >= 15 is 0 Å². The first-order valence-corrected chi connectivity index (χ1v) is 10.7. The maximum atomic E-state index is 10.4. The second-order valence-corrected chi connectivity index (χ2v) is 7.85. The van der Waals surface area contributed by atoms with Gasteiger partial charge in [0.25, 0.3) is 0 Å². The van der Waals surface area contributed by atoms with Gasteiger partial charge in [-0.25, -0.2) is 0 Å². The highest BCUT2D eigenvalue weighted by molar-refractivity contribution is 5.02. The van der Waals surface area contributed by atoms with Gasteiger partial charge >= 0.3 is 0 Å². The van der Waals surface area contributed by atoms with Gasteiger partial charge in [0, 0.05) is 19.3 Å². The molecule has 2 rings (SSSR count). The molecule has 0 aromatic heterocycles. The fourth-order valence-corrected chi connectivity index (χ4v) is 3.96. The Bertz CT molecular complexity index is 515. The van der Waals surface area contributed by atoms with E-state index < -0.39 is 12.2 Å². The molecule has 2 saturated heterocycles. The van der Waals surface area contributed by atoms with Gasteiger partial charge in [-0.05, 0) is 32.1 Å². The molecule has 6 unspecified atom stereocenters. The van der Waals surface area contributed by atoms with Crippen LogP contribution in [0.5, 0.6) is 0 Å². The van der Waals surface area contributed by atoms with E-state index in [9.17, 15) is 10.2 Å². The van der Waals surface area contributed by atoms with Gasteiger partial charge in [0.1, 0.15) is 0 Å². The summed E-state index contributed by atoms with van der Waals surface area (Å²) in [6, 6.07) is 0. The maximum Gasteiger partial charge on any atom is 0.0910 e. The third-order valence-electron chi connectivity index (χ3n) is 5.61. The summed E-state index contributed by atoms with van der Waals surface area (Å²) >= 11 is 0. The Kier molecular flexibility index (Phi) is 10.2. The lowest BCUT2D eigenvalue weighted by Gasteiger charge is -2.23. The Morgan fingerprint density at radius 2 is 1.44 bits per heavy atom. The zero-order valence-corrected chi connectivity index (χ0v) is 16.7. The number of aliphatic hydroxyl groups is 2. The summed E-state index contributed by atoms with van der Waals surface area (Å²) in [6.45, 7) is 2.22. The SMILES string of the molecule is C#CCC(O)C1CCC(C2CCC(C(O)CC#CCCCCCCC)O2)O1. The number of aliphatic hydroxyl groups excluding tert-OH is 2. The van der Waals surface area contributed by atoms with Crippen LogP contribution in [-0.2, 0) is 9.47 Å². The lowest BCUT2D eigenvalue weighted by Crippen LogP contribution is -2.33. The summed E-state index contributed by atoms with van der Waals surface area (Å²) < 4.78 is 12.0. The Hall–Kier alpha value is -1.04. The van der Waals surface area contributed by atoms with E-state index in [1.807, 2.05) is 0 Å². The molecule has 2 fully saturated rings. The van der Waals surface area contributed by atoms with E-state index in [1.165, 1.54) is 25.7 Å². The van der Waals surface area contributed by atoms with Gasteiger partial charge in [0.2, 0.25) is 0 Å². The maximum absolute atomic E-state index is 10.4. The van der Waals surface area contributed by atoms with Crippen molar-refractivity contribution in [2.75, 3.05) is 0 Å². The van der Waals surface area contributed by atoms with Crippen molar-refractivity contribution in [3.05, 3.63) is 0 Å². The van der Waals surface area contributed by atoms with Crippen LogP contribution in [0.1, 0.15) is 84.0 Å². The minimum absolute atomic E-state index is 0.000731. The summed E-state index contributed by atoms with van der Waals surface area (Å²) in [5, 5.41) is 20.3. The van der Waals surface area contributed by atoms with Crippen molar-refractivity contribution >= 4 is 0 Å². The molecule has 6 atom stereocenters. The molecule has 2 heterocycles. The monoisotopic (exact) mass is 376 g/mol. The predicted octanol–water partition coefficient (Wildman–Crippen LogP) is 3.58. The first-order valence-electron chi connectivity index (χ1n) is 10.7. The third kappa shape index (κ3) is 7.47. The van der Waals surface area contributed by atoms with Gasteiger partial charge in [0.15, 0.2) is 0 Å². The second kappa shape index (κ2) is 12.4. The van der Waals surface area contributed by atoms with Gasteiger partial charge in [-0.3, -0.25) is 0 Å². The molecule has 0 aromatic rings. The van der Waals surface area contributed by atoms with E-state index in [1.54, 1.807) is 0 Å². The Morgan fingerprint density at radius 1 is 0.852 bits per heavy atom. The Balaban J connectivity index is 1.63. The van der Waals surface area contributed by atoms with E-state index in [0.717, 1.165) is 38.5 Å². The summed E-state index contributed by atoms with van der Waals surface area (Å²) in [5.74, 6) is 8.77. The van der Waals surface area contributed by atoms with Crippen LogP contribution < -0.4 is 0 Å². The molecule has 0 aliphatic carbocycles. The number of rotatable bonds is 10. The molecule has 0 amide bonds. The fraction of sp³-hybridized carbons (Fsp3) is 0.826. The lowest BCUT2D eigenvalue weighted by atomic mass is 10.0. The van der Waals surface area contributed by atoms with E-state index in [0.29, 0.717) is 12.8 Å².